The minimum Gasteiger partial charge on any atom is -0.368 e. The largest absolute Gasteiger partial charge is 0.416 e. The number of aromatic nitrogens is 4. The predicted molar refractivity (Wildman–Crippen MR) is 98.9 cm³/mol. The number of nitrogens with zero attached hydrogens (tertiary/aromatic N) is 5. The third-order valence-electron chi connectivity index (χ3n) is 4.49. The SMILES string of the molecule is Cn1cc(C(=O)Nc2cccc(C(F)(F)F)c2)nc1N1Cc2cnc(N)nc2C1. The topological polar surface area (TPSA) is 102 Å². The summed E-state index contributed by atoms with van der Waals surface area (Å²) in [6.45, 7) is 0.969. The van der Waals surface area contributed by atoms with Crippen molar-refractivity contribution in [1.29, 1.82) is 0 Å². The van der Waals surface area contributed by atoms with E-state index in [1.165, 1.54) is 18.3 Å². The highest BCUT2D eigenvalue weighted by Gasteiger charge is 2.31. The number of nitrogens with two attached hydrogens (primary N) is 1. The van der Waals surface area contributed by atoms with Crippen molar-refractivity contribution in [1.82, 2.24) is 19.5 Å². The maximum Gasteiger partial charge on any atom is 0.416 e. The first-order chi connectivity index (χ1) is 13.7. The van der Waals surface area contributed by atoms with Crippen LogP contribution in [-0.4, -0.2) is 25.4 Å². The van der Waals surface area contributed by atoms with Gasteiger partial charge in [0.25, 0.3) is 5.91 Å². The number of benzene rings is 1. The summed E-state index contributed by atoms with van der Waals surface area (Å²) in [7, 11) is 1.73. The van der Waals surface area contributed by atoms with E-state index >= 15 is 0 Å². The molecule has 2 aromatic heterocycles. The number of alkyl halides is 3. The molecule has 0 atom stereocenters. The number of rotatable bonds is 3. The fraction of sp³-hybridized carbons (Fsp3) is 0.222. The molecule has 3 aromatic rings. The maximum atomic E-state index is 12.8. The summed E-state index contributed by atoms with van der Waals surface area (Å²) in [6.07, 6.45) is -1.32. The number of aryl methyl sites for hydroxylation is 1. The molecule has 0 saturated carbocycles. The first kappa shape index (κ1) is 18.7. The molecule has 0 bridgehead atoms. The molecule has 0 unspecified atom stereocenters. The Labute approximate surface area is 163 Å². The molecule has 0 spiro atoms. The third-order valence-corrected chi connectivity index (χ3v) is 4.49. The number of nitrogen functional groups attached to an aromatic ring is 1. The number of anilines is 3. The van der Waals surface area contributed by atoms with Crippen LogP contribution in [0.1, 0.15) is 27.3 Å². The van der Waals surface area contributed by atoms with E-state index in [0.717, 1.165) is 23.4 Å². The van der Waals surface area contributed by atoms with E-state index in [1.54, 1.807) is 17.8 Å². The van der Waals surface area contributed by atoms with E-state index in [-0.39, 0.29) is 17.3 Å². The van der Waals surface area contributed by atoms with Crippen LogP contribution in [-0.2, 0) is 26.3 Å². The standard InChI is InChI=1S/C18H16F3N7O/c1-27-8-14(15(29)24-12-4-2-3-11(5-12)18(19,20)21)26-17(27)28-7-10-6-23-16(22)25-13(10)9-28/h2-6,8H,7,9H2,1H3,(H,24,29)(H2,22,23,25). The van der Waals surface area contributed by atoms with Crippen LogP contribution in [0.4, 0.5) is 30.8 Å². The van der Waals surface area contributed by atoms with Gasteiger partial charge >= 0.3 is 6.18 Å². The van der Waals surface area contributed by atoms with Crippen molar-refractivity contribution in [3.63, 3.8) is 0 Å². The van der Waals surface area contributed by atoms with Gasteiger partial charge in [-0.15, -0.1) is 0 Å². The van der Waals surface area contributed by atoms with E-state index in [0.29, 0.717) is 19.0 Å². The number of imidazole rings is 1. The summed E-state index contributed by atoms with van der Waals surface area (Å²) in [5, 5.41) is 2.45. The lowest BCUT2D eigenvalue weighted by molar-refractivity contribution is -0.137. The Morgan fingerprint density at radius 1 is 1.24 bits per heavy atom. The molecule has 1 aliphatic rings. The number of nitrogens with one attached hydrogen (secondary N) is 1. The summed E-state index contributed by atoms with van der Waals surface area (Å²) in [4.78, 5) is 26.9. The van der Waals surface area contributed by atoms with Crippen LogP contribution in [0.3, 0.4) is 0 Å². The Kier molecular flexibility index (Phi) is 4.36. The lowest BCUT2D eigenvalue weighted by atomic mass is 10.2. The lowest BCUT2D eigenvalue weighted by Gasteiger charge is -2.15. The number of hydrogen-bond acceptors (Lipinski definition) is 6. The van der Waals surface area contributed by atoms with Gasteiger partial charge in [-0.25, -0.2) is 15.0 Å². The maximum absolute atomic E-state index is 12.8. The number of amides is 1. The van der Waals surface area contributed by atoms with Crippen molar-refractivity contribution < 1.29 is 18.0 Å². The van der Waals surface area contributed by atoms with E-state index in [4.69, 9.17) is 5.73 Å². The van der Waals surface area contributed by atoms with Gasteiger partial charge in [-0.1, -0.05) is 6.07 Å². The fourth-order valence-electron chi connectivity index (χ4n) is 3.14. The second kappa shape index (κ2) is 6.76. The zero-order valence-electron chi connectivity index (χ0n) is 15.2. The average molecular weight is 403 g/mol. The highest BCUT2D eigenvalue weighted by atomic mass is 19.4. The van der Waals surface area contributed by atoms with E-state index in [9.17, 15) is 18.0 Å². The Morgan fingerprint density at radius 3 is 2.79 bits per heavy atom. The minimum atomic E-state index is -4.49. The van der Waals surface area contributed by atoms with Crippen LogP contribution in [0.2, 0.25) is 0 Å². The molecule has 1 aromatic carbocycles. The molecule has 0 saturated heterocycles. The van der Waals surface area contributed by atoms with Crippen LogP contribution < -0.4 is 16.0 Å². The van der Waals surface area contributed by atoms with Crippen LogP contribution in [0.15, 0.2) is 36.7 Å². The molecule has 0 fully saturated rings. The first-order valence-electron chi connectivity index (χ1n) is 8.58. The van der Waals surface area contributed by atoms with Gasteiger partial charge in [-0.3, -0.25) is 4.79 Å². The van der Waals surface area contributed by atoms with Crippen molar-refractivity contribution in [2.75, 3.05) is 16.0 Å². The van der Waals surface area contributed by atoms with E-state index in [1.807, 2.05) is 4.90 Å². The Morgan fingerprint density at radius 2 is 2.03 bits per heavy atom. The van der Waals surface area contributed by atoms with E-state index in [2.05, 4.69) is 20.3 Å². The number of halogens is 3. The average Bonchev–Trinajstić information content (AvgIpc) is 3.24. The smallest absolute Gasteiger partial charge is 0.368 e. The number of hydrogen-bond donors (Lipinski definition) is 2. The summed E-state index contributed by atoms with van der Waals surface area (Å²) in [5.74, 6) is 0.106. The Balaban J connectivity index is 1.52. The second-order valence-corrected chi connectivity index (χ2v) is 6.63. The van der Waals surface area contributed by atoms with Crippen LogP contribution in [0.25, 0.3) is 0 Å². The molecule has 4 rings (SSSR count). The summed E-state index contributed by atoms with van der Waals surface area (Å²) >= 11 is 0. The number of fused-ring (bicyclic) bond motifs is 1. The van der Waals surface area contributed by atoms with Crippen LogP contribution >= 0.6 is 0 Å². The molecular weight excluding hydrogens is 387 g/mol. The summed E-state index contributed by atoms with van der Waals surface area (Å²) in [5.41, 5.74) is 6.60. The predicted octanol–water partition coefficient (Wildman–Crippen LogP) is 2.58. The van der Waals surface area contributed by atoms with Gasteiger partial charge in [-0.2, -0.15) is 13.2 Å². The van der Waals surface area contributed by atoms with Crippen molar-refractivity contribution in [3.8, 4) is 0 Å². The molecule has 1 aliphatic heterocycles. The highest BCUT2D eigenvalue weighted by Crippen LogP contribution is 2.31. The van der Waals surface area contributed by atoms with Crippen molar-refractivity contribution in [2.24, 2.45) is 7.05 Å². The highest BCUT2D eigenvalue weighted by molar-refractivity contribution is 6.03. The normalized spacial score (nSPS) is 13.4. The van der Waals surface area contributed by atoms with Gasteiger partial charge in [0.1, 0.15) is 5.69 Å². The van der Waals surface area contributed by atoms with Gasteiger partial charge in [-0.05, 0) is 18.2 Å². The zero-order valence-corrected chi connectivity index (χ0v) is 15.2. The number of carbonyl (C=O) groups is 1. The van der Waals surface area contributed by atoms with Gasteiger partial charge < -0.3 is 20.5 Å². The number of carbonyl (C=O) groups excluding carboxylic acids is 1. The molecule has 150 valence electrons. The summed E-state index contributed by atoms with van der Waals surface area (Å²) in [6, 6.07) is 4.44. The van der Waals surface area contributed by atoms with Gasteiger partial charge in [0.15, 0.2) is 0 Å². The second-order valence-electron chi connectivity index (χ2n) is 6.63. The van der Waals surface area contributed by atoms with E-state index < -0.39 is 17.6 Å². The molecule has 0 radical (unpaired) electrons. The first-order valence-corrected chi connectivity index (χ1v) is 8.58. The van der Waals surface area contributed by atoms with Crippen molar-refractivity contribution in [2.45, 2.75) is 19.3 Å². The molecule has 8 nitrogen and oxygen atoms in total. The minimum absolute atomic E-state index is 0.0383. The zero-order chi connectivity index (χ0) is 20.8. The van der Waals surface area contributed by atoms with Gasteiger partial charge in [0.05, 0.1) is 17.8 Å². The van der Waals surface area contributed by atoms with Gasteiger partial charge in [0.2, 0.25) is 11.9 Å². The van der Waals surface area contributed by atoms with Gasteiger partial charge in [0, 0.05) is 37.2 Å². The molecular formula is C18H16F3N7O. The molecule has 1 amide bonds. The van der Waals surface area contributed by atoms with Crippen molar-refractivity contribution in [3.05, 3.63) is 59.2 Å². The van der Waals surface area contributed by atoms with Crippen LogP contribution in [0, 0.1) is 0 Å². The Hall–Kier alpha value is -3.63. The lowest BCUT2D eigenvalue weighted by Crippen LogP contribution is -2.19. The third kappa shape index (κ3) is 3.71. The molecule has 3 heterocycles. The fourth-order valence-corrected chi connectivity index (χ4v) is 3.14. The quantitative estimate of drug-likeness (QED) is 0.697. The monoisotopic (exact) mass is 403 g/mol. The van der Waals surface area contributed by atoms with Crippen LogP contribution in [0.5, 0.6) is 0 Å². The molecule has 29 heavy (non-hydrogen) atoms. The molecule has 11 heteroatoms. The Bertz CT molecular complexity index is 1090. The molecule has 0 aliphatic carbocycles. The molecule has 3 N–H and O–H groups in total. The summed E-state index contributed by atoms with van der Waals surface area (Å²) < 4.78 is 40.2. The van der Waals surface area contributed by atoms with Crippen molar-refractivity contribution >= 4 is 23.5 Å².